The molecule has 2 aromatic rings. The largest absolute Gasteiger partial charge is 0.495 e. The van der Waals surface area contributed by atoms with Crippen LogP contribution in [0, 0.1) is 5.82 Å². The van der Waals surface area contributed by atoms with Crippen LogP contribution < -0.4 is 4.74 Å². The molecule has 21 heavy (non-hydrogen) atoms. The van der Waals surface area contributed by atoms with Crippen LogP contribution in [0.5, 0.6) is 5.75 Å². The molecule has 1 aromatic heterocycles. The molecule has 0 N–H and O–H groups in total. The van der Waals surface area contributed by atoms with Crippen LogP contribution in [0.4, 0.5) is 4.39 Å². The van der Waals surface area contributed by atoms with Gasteiger partial charge in [0.15, 0.2) is 0 Å². The van der Waals surface area contributed by atoms with E-state index in [0.717, 1.165) is 17.8 Å². The summed E-state index contributed by atoms with van der Waals surface area (Å²) >= 11 is 0. The standard InChI is InChI=1S/C14H15FN2O3S/c1-20-13-9-11(15)4-5-14(13)21(18,19)17-8-7-16-6-2-3-12(16)10-17/h2-6,9H,7-8,10H2,1H3. The number of nitrogens with zero attached hydrogens (tertiary/aromatic N) is 2. The van der Waals surface area contributed by atoms with E-state index in [4.69, 9.17) is 4.74 Å². The van der Waals surface area contributed by atoms with Crippen molar-refractivity contribution < 1.29 is 17.5 Å². The molecule has 1 aromatic carbocycles. The van der Waals surface area contributed by atoms with Gasteiger partial charge >= 0.3 is 0 Å². The van der Waals surface area contributed by atoms with Gasteiger partial charge in [0.1, 0.15) is 16.5 Å². The summed E-state index contributed by atoms with van der Waals surface area (Å²) in [5.41, 5.74) is 0.936. The summed E-state index contributed by atoms with van der Waals surface area (Å²) in [6, 6.07) is 7.24. The van der Waals surface area contributed by atoms with Gasteiger partial charge in [-0.1, -0.05) is 0 Å². The van der Waals surface area contributed by atoms with Gasteiger partial charge in [-0.2, -0.15) is 4.31 Å². The maximum atomic E-state index is 13.2. The zero-order chi connectivity index (χ0) is 15.0. The number of hydrogen-bond donors (Lipinski definition) is 0. The highest BCUT2D eigenvalue weighted by atomic mass is 32.2. The molecule has 1 aliphatic rings. The lowest BCUT2D eigenvalue weighted by Gasteiger charge is -2.28. The zero-order valence-electron chi connectivity index (χ0n) is 11.5. The van der Waals surface area contributed by atoms with E-state index < -0.39 is 15.8 Å². The molecule has 3 rings (SSSR count). The maximum Gasteiger partial charge on any atom is 0.247 e. The molecular formula is C14H15FN2O3S. The Labute approximate surface area is 122 Å². The van der Waals surface area contributed by atoms with Gasteiger partial charge in [0, 0.05) is 31.0 Å². The first-order valence-electron chi connectivity index (χ1n) is 6.50. The average molecular weight is 310 g/mol. The Hall–Kier alpha value is -1.86. The zero-order valence-corrected chi connectivity index (χ0v) is 12.3. The quantitative estimate of drug-likeness (QED) is 0.869. The SMILES string of the molecule is COc1cc(F)ccc1S(=O)(=O)N1CCn2cccc2C1. The molecule has 0 amide bonds. The van der Waals surface area contributed by atoms with Gasteiger partial charge in [0.2, 0.25) is 10.0 Å². The van der Waals surface area contributed by atoms with E-state index >= 15 is 0 Å². The minimum Gasteiger partial charge on any atom is -0.495 e. The maximum absolute atomic E-state index is 13.2. The normalized spacial score (nSPS) is 15.7. The topological polar surface area (TPSA) is 51.5 Å². The van der Waals surface area contributed by atoms with Gasteiger partial charge in [-0.3, -0.25) is 0 Å². The number of aromatic nitrogens is 1. The molecule has 5 nitrogen and oxygen atoms in total. The Bertz CT molecular complexity index is 770. The highest BCUT2D eigenvalue weighted by Crippen LogP contribution is 2.29. The Kier molecular flexibility index (Phi) is 3.46. The summed E-state index contributed by atoms with van der Waals surface area (Å²) in [6.07, 6.45) is 1.93. The van der Waals surface area contributed by atoms with Gasteiger partial charge in [0.05, 0.1) is 13.7 Å². The first-order chi connectivity index (χ1) is 10.0. The van der Waals surface area contributed by atoms with Gasteiger partial charge in [-0.25, -0.2) is 12.8 Å². The van der Waals surface area contributed by atoms with Crippen LogP contribution in [0.2, 0.25) is 0 Å². The summed E-state index contributed by atoms with van der Waals surface area (Å²) in [7, 11) is -2.39. The number of hydrogen-bond acceptors (Lipinski definition) is 3. The van der Waals surface area contributed by atoms with Crippen molar-refractivity contribution in [1.29, 1.82) is 0 Å². The lowest BCUT2D eigenvalue weighted by molar-refractivity contribution is 0.337. The summed E-state index contributed by atoms with van der Waals surface area (Å²) in [5, 5.41) is 0. The fourth-order valence-electron chi connectivity index (χ4n) is 2.49. The highest BCUT2D eigenvalue weighted by Gasteiger charge is 2.30. The van der Waals surface area contributed by atoms with Gasteiger partial charge in [-0.15, -0.1) is 0 Å². The second-order valence-electron chi connectivity index (χ2n) is 4.83. The second-order valence-corrected chi connectivity index (χ2v) is 6.73. The van der Waals surface area contributed by atoms with Crippen LogP contribution in [-0.4, -0.2) is 30.9 Å². The van der Waals surface area contributed by atoms with Crippen molar-refractivity contribution in [3.05, 3.63) is 48.0 Å². The molecule has 0 atom stereocenters. The molecule has 0 aliphatic carbocycles. The van der Waals surface area contributed by atoms with Crippen molar-refractivity contribution in [3.8, 4) is 5.75 Å². The molecule has 7 heteroatoms. The molecule has 0 radical (unpaired) electrons. The minimum absolute atomic E-state index is 0.00796. The third-order valence-electron chi connectivity index (χ3n) is 3.60. The molecule has 112 valence electrons. The van der Waals surface area contributed by atoms with Gasteiger partial charge < -0.3 is 9.30 Å². The fourth-order valence-corrected chi connectivity index (χ4v) is 4.03. The lowest BCUT2D eigenvalue weighted by atomic mass is 10.3. The Morgan fingerprint density at radius 2 is 2.05 bits per heavy atom. The molecule has 0 bridgehead atoms. The van der Waals surface area contributed by atoms with Gasteiger partial charge in [0.25, 0.3) is 0 Å². The van der Waals surface area contributed by atoms with E-state index in [9.17, 15) is 12.8 Å². The molecule has 2 heterocycles. The molecule has 1 aliphatic heterocycles. The number of benzene rings is 1. The van der Waals surface area contributed by atoms with Crippen LogP contribution in [0.25, 0.3) is 0 Å². The van der Waals surface area contributed by atoms with E-state index in [1.54, 1.807) is 0 Å². The van der Waals surface area contributed by atoms with Crippen LogP contribution >= 0.6 is 0 Å². The molecule has 0 saturated heterocycles. The summed E-state index contributed by atoms with van der Waals surface area (Å²) < 4.78 is 47.1. The monoisotopic (exact) mass is 310 g/mol. The van der Waals surface area contributed by atoms with E-state index in [-0.39, 0.29) is 10.6 Å². The summed E-state index contributed by atoms with van der Waals surface area (Å²) in [4.78, 5) is -0.00796. The number of halogens is 1. The summed E-state index contributed by atoms with van der Waals surface area (Å²) in [6.45, 7) is 1.28. The van der Waals surface area contributed by atoms with Crippen LogP contribution in [-0.2, 0) is 23.1 Å². The minimum atomic E-state index is -3.71. The van der Waals surface area contributed by atoms with E-state index in [1.165, 1.54) is 17.5 Å². The Balaban J connectivity index is 1.98. The summed E-state index contributed by atoms with van der Waals surface area (Å²) in [5.74, 6) is -0.505. The number of sulfonamides is 1. The van der Waals surface area contributed by atoms with Crippen molar-refractivity contribution in [2.45, 2.75) is 18.0 Å². The first-order valence-corrected chi connectivity index (χ1v) is 7.94. The average Bonchev–Trinajstić information content (AvgIpc) is 2.94. The molecular weight excluding hydrogens is 295 g/mol. The number of ether oxygens (including phenoxy) is 1. The smallest absolute Gasteiger partial charge is 0.247 e. The number of rotatable bonds is 3. The molecule has 0 spiro atoms. The van der Waals surface area contributed by atoms with Crippen molar-refractivity contribution in [1.82, 2.24) is 8.87 Å². The van der Waals surface area contributed by atoms with Gasteiger partial charge in [-0.05, 0) is 24.3 Å². The van der Waals surface area contributed by atoms with Crippen molar-refractivity contribution in [2.75, 3.05) is 13.7 Å². The van der Waals surface area contributed by atoms with E-state index in [0.29, 0.717) is 19.6 Å². The Morgan fingerprint density at radius 3 is 2.81 bits per heavy atom. The van der Waals surface area contributed by atoms with Crippen molar-refractivity contribution in [3.63, 3.8) is 0 Å². The first kappa shape index (κ1) is 14.1. The Morgan fingerprint density at radius 1 is 1.24 bits per heavy atom. The second kappa shape index (κ2) is 5.16. The lowest BCUT2D eigenvalue weighted by Crippen LogP contribution is -2.38. The van der Waals surface area contributed by atoms with Crippen LogP contribution in [0.1, 0.15) is 5.69 Å². The van der Waals surface area contributed by atoms with Crippen LogP contribution in [0.15, 0.2) is 41.4 Å². The fraction of sp³-hybridized carbons (Fsp3) is 0.286. The predicted octanol–water partition coefficient (Wildman–Crippen LogP) is 1.84. The van der Waals surface area contributed by atoms with Crippen LogP contribution in [0.3, 0.4) is 0 Å². The number of fused-ring (bicyclic) bond motifs is 1. The predicted molar refractivity (Wildman–Crippen MR) is 75.0 cm³/mol. The molecule has 0 saturated carbocycles. The molecule has 0 fully saturated rings. The highest BCUT2D eigenvalue weighted by molar-refractivity contribution is 7.89. The van der Waals surface area contributed by atoms with E-state index in [1.807, 2.05) is 22.9 Å². The van der Waals surface area contributed by atoms with Crippen molar-refractivity contribution in [2.24, 2.45) is 0 Å². The van der Waals surface area contributed by atoms with E-state index in [2.05, 4.69) is 0 Å². The number of methoxy groups -OCH3 is 1. The third kappa shape index (κ3) is 2.43. The van der Waals surface area contributed by atoms with Crippen molar-refractivity contribution >= 4 is 10.0 Å². The third-order valence-corrected chi connectivity index (χ3v) is 5.48. The molecule has 0 unspecified atom stereocenters.